The van der Waals surface area contributed by atoms with E-state index in [-0.39, 0.29) is 0 Å². The average molecular weight is 209 g/mol. The molecule has 1 aliphatic carbocycles. The van der Waals surface area contributed by atoms with Crippen LogP contribution in [0.4, 0.5) is 0 Å². The first kappa shape index (κ1) is 10.6. The second kappa shape index (κ2) is 4.77. The molecule has 0 aromatic carbocycles. The van der Waals surface area contributed by atoms with Gasteiger partial charge in [-0.05, 0) is 19.4 Å². The number of aromatic nitrogens is 1. The molecule has 0 atom stereocenters. The van der Waals surface area contributed by atoms with Gasteiger partial charge in [-0.1, -0.05) is 12.1 Å². The molecule has 0 spiro atoms. The lowest BCUT2D eigenvalue weighted by molar-refractivity contribution is 0.275. The standard InChI is InChI=1S/C11H19N3O/c1-2-14(6-5-12)8-10-7-11(15-13-10)9-3-4-9/h7,9H,2-6,8,12H2,1H3. The summed E-state index contributed by atoms with van der Waals surface area (Å²) in [4.78, 5) is 2.27. The van der Waals surface area contributed by atoms with Gasteiger partial charge in [0.05, 0.1) is 5.69 Å². The smallest absolute Gasteiger partial charge is 0.140 e. The third kappa shape index (κ3) is 2.79. The van der Waals surface area contributed by atoms with Crippen LogP contribution < -0.4 is 5.73 Å². The first-order valence-electron chi connectivity index (χ1n) is 5.71. The van der Waals surface area contributed by atoms with E-state index in [1.165, 1.54) is 12.8 Å². The molecule has 0 amide bonds. The van der Waals surface area contributed by atoms with Gasteiger partial charge in [0.15, 0.2) is 0 Å². The van der Waals surface area contributed by atoms with Crippen molar-refractivity contribution in [1.29, 1.82) is 0 Å². The molecule has 2 rings (SSSR count). The lowest BCUT2D eigenvalue weighted by Gasteiger charge is -2.17. The van der Waals surface area contributed by atoms with Crippen molar-refractivity contribution in [2.75, 3.05) is 19.6 Å². The van der Waals surface area contributed by atoms with Crippen LogP contribution in [0, 0.1) is 0 Å². The highest BCUT2D eigenvalue weighted by Crippen LogP contribution is 2.40. The highest BCUT2D eigenvalue weighted by atomic mass is 16.5. The van der Waals surface area contributed by atoms with Crippen LogP contribution in [0.3, 0.4) is 0 Å². The molecule has 0 aliphatic heterocycles. The van der Waals surface area contributed by atoms with E-state index in [2.05, 4.69) is 23.0 Å². The minimum atomic E-state index is 0.649. The van der Waals surface area contributed by atoms with Gasteiger partial charge in [0, 0.05) is 31.6 Å². The van der Waals surface area contributed by atoms with E-state index in [0.717, 1.165) is 31.1 Å². The van der Waals surface area contributed by atoms with Crippen LogP contribution in [0.15, 0.2) is 10.6 Å². The molecule has 1 aliphatic rings. The molecule has 4 nitrogen and oxygen atoms in total. The van der Waals surface area contributed by atoms with Gasteiger partial charge >= 0.3 is 0 Å². The van der Waals surface area contributed by atoms with Crippen LogP contribution in [0.2, 0.25) is 0 Å². The average Bonchev–Trinajstić information content (AvgIpc) is 2.99. The zero-order chi connectivity index (χ0) is 10.7. The molecule has 84 valence electrons. The summed E-state index contributed by atoms with van der Waals surface area (Å²) < 4.78 is 5.30. The largest absolute Gasteiger partial charge is 0.361 e. The number of hydrogen-bond donors (Lipinski definition) is 1. The van der Waals surface area contributed by atoms with Crippen LogP contribution in [0.5, 0.6) is 0 Å². The molecule has 1 heterocycles. The highest BCUT2D eigenvalue weighted by molar-refractivity contribution is 5.14. The van der Waals surface area contributed by atoms with Crippen molar-refractivity contribution in [2.45, 2.75) is 32.2 Å². The number of nitrogens with two attached hydrogens (primary N) is 1. The summed E-state index contributed by atoms with van der Waals surface area (Å²) in [5, 5.41) is 4.09. The Bertz CT molecular complexity index is 307. The van der Waals surface area contributed by atoms with E-state index in [9.17, 15) is 0 Å². The van der Waals surface area contributed by atoms with Gasteiger partial charge in [0.25, 0.3) is 0 Å². The predicted molar refractivity (Wildman–Crippen MR) is 58.5 cm³/mol. The quantitative estimate of drug-likeness (QED) is 0.768. The van der Waals surface area contributed by atoms with Crippen molar-refractivity contribution in [3.8, 4) is 0 Å². The fourth-order valence-corrected chi connectivity index (χ4v) is 1.72. The van der Waals surface area contributed by atoms with Gasteiger partial charge in [-0.2, -0.15) is 0 Å². The van der Waals surface area contributed by atoms with E-state index in [1.807, 2.05) is 0 Å². The molecule has 0 saturated heterocycles. The van der Waals surface area contributed by atoms with E-state index in [0.29, 0.717) is 12.5 Å². The second-order valence-corrected chi connectivity index (χ2v) is 4.15. The molecule has 1 fully saturated rings. The minimum absolute atomic E-state index is 0.649. The fourth-order valence-electron chi connectivity index (χ4n) is 1.72. The molecule has 1 aromatic rings. The maximum absolute atomic E-state index is 5.54. The normalized spacial score (nSPS) is 16.2. The van der Waals surface area contributed by atoms with Gasteiger partial charge < -0.3 is 10.3 Å². The van der Waals surface area contributed by atoms with Gasteiger partial charge in [-0.15, -0.1) is 0 Å². The van der Waals surface area contributed by atoms with Gasteiger partial charge in [-0.3, -0.25) is 4.90 Å². The summed E-state index contributed by atoms with van der Waals surface area (Å²) in [5.41, 5.74) is 6.57. The molecule has 15 heavy (non-hydrogen) atoms. The number of hydrogen-bond acceptors (Lipinski definition) is 4. The Morgan fingerprint density at radius 1 is 1.60 bits per heavy atom. The molecule has 4 heteroatoms. The summed E-state index contributed by atoms with van der Waals surface area (Å²) in [7, 11) is 0. The SMILES string of the molecule is CCN(CCN)Cc1cc(C2CC2)on1. The Morgan fingerprint density at radius 3 is 3.00 bits per heavy atom. The molecular formula is C11H19N3O. The maximum atomic E-state index is 5.54. The van der Waals surface area contributed by atoms with Crippen LogP contribution in [0.25, 0.3) is 0 Å². The molecule has 2 N–H and O–H groups in total. The first-order chi connectivity index (χ1) is 7.33. The molecular weight excluding hydrogens is 190 g/mol. The first-order valence-corrected chi connectivity index (χ1v) is 5.71. The van der Waals surface area contributed by atoms with Crippen LogP contribution in [-0.2, 0) is 6.54 Å². The van der Waals surface area contributed by atoms with Crippen molar-refractivity contribution >= 4 is 0 Å². The topological polar surface area (TPSA) is 55.3 Å². The lowest BCUT2D eigenvalue weighted by Crippen LogP contribution is -2.28. The van der Waals surface area contributed by atoms with Gasteiger partial charge in [0.1, 0.15) is 5.76 Å². The Morgan fingerprint density at radius 2 is 2.40 bits per heavy atom. The minimum Gasteiger partial charge on any atom is -0.361 e. The van der Waals surface area contributed by atoms with Crippen LogP contribution >= 0.6 is 0 Å². The van der Waals surface area contributed by atoms with E-state index in [4.69, 9.17) is 10.3 Å². The predicted octanol–water partition coefficient (Wildman–Crippen LogP) is 1.33. The third-order valence-electron chi connectivity index (χ3n) is 2.84. The maximum Gasteiger partial charge on any atom is 0.140 e. The molecule has 1 aromatic heterocycles. The van der Waals surface area contributed by atoms with Crippen molar-refractivity contribution in [1.82, 2.24) is 10.1 Å². The fraction of sp³-hybridized carbons (Fsp3) is 0.727. The Hall–Kier alpha value is -0.870. The van der Waals surface area contributed by atoms with Crippen molar-refractivity contribution in [3.63, 3.8) is 0 Å². The monoisotopic (exact) mass is 209 g/mol. The van der Waals surface area contributed by atoms with E-state index >= 15 is 0 Å². The van der Waals surface area contributed by atoms with Gasteiger partial charge in [-0.25, -0.2) is 0 Å². The summed E-state index contributed by atoms with van der Waals surface area (Å²) in [6, 6.07) is 2.09. The third-order valence-corrected chi connectivity index (χ3v) is 2.84. The summed E-state index contributed by atoms with van der Waals surface area (Å²) in [6.07, 6.45) is 2.52. The molecule has 0 unspecified atom stereocenters. The zero-order valence-corrected chi connectivity index (χ0v) is 9.28. The van der Waals surface area contributed by atoms with Crippen molar-refractivity contribution < 1.29 is 4.52 Å². The Balaban J connectivity index is 1.90. The summed E-state index contributed by atoms with van der Waals surface area (Å²) >= 11 is 0. The van der Waals surface area contributed by atoms with E-state index in [1.54, 1.807) is 0 Å². The molecule has 0 radical (unpaired) electrons. The lowest BCUT2D eigenvalue weighted by atomic mass is 10.2. The van der Waals surface area contributed by atoms with Gasteiger partial charge in [0.2, 0.25) is 0 Å². The summed E-state index contributed by atoms with van der Waals surface area (Å²) in [5.74, 6) is 1.71. The van der Waals surface area contributed by atoms with Crippen molar-refractivity contribution in [3.05, 3.63) is 17.5 Å². The summed E-state index contributed by atoms with van der Waals surface area (Å²) in [6.45, 7) is 5.60. The number of likely N-dealkylation sites (N-methyl/N-ethyl adjacent to an activating group) is 1. The number of nitrogens with zero attached hydrogens (tertiary/aromatic N) is 2. The van der Waals surface area contributed by atoms with Crippen molar-refractivity contribution in [2.24, 2.45) is 5.73 Å². The Kier molecular flexibility index (Phi) is 3.38. The second-order valence-electron chi connectivity index (χ2n) is 4.15. The molecule has 0 bridgehead atoms. The van der Waals surface area contributed by atoms with E-state index < -0.39 is 0 Å². The van der Waals surface area contributed by atoms with Crippen LogP contribution in [0.1, 0.15) is 37.1 Å². The van der Waals surface area contributed by atoms with Crippen LogP contribution in [-0.4, -0.2) is 29.7 Å². The molecule has 1 saturated carbocycles. The Labute approximate surface area is 90.4 Å². The zero-order valence-electron chi connectivity index (χ0n) is 9.28. The highest BCUT2D eigenvalue weighted by Gasteiger charge is 2.27. The number of rotatable bonds is 6.